The lowest BCUT2D eigenvalue weighted by atomic mass is 9.86. The van der Waals surface area contributed by atoms with E-state index in [-0.39, 0.29) is 0 Å². The highest BCUT2D eigenvalue weighted by Gasteiger charge is 2.42. The van der Waals surface area contributed by atoms with E-state index >= 15 is 0 Å². The molecule has 3 aromatic carbocycles. The lowest BCUT2D eigenvalue weighted by Crippen LogP contribution is -2.53. The first-order valence-electron chi connectivity index (χ1n) is 12.3. The molecule has 2 heterocycles. The third kappa shape index (κ3) is 3.48. The number of rotatable bonds is 8. The number of benzene rings is 3. The highest BCUT2D eigenvalue weighted by Crippen LogP contribution is 2.39. The monoisotopic (exact) mass is 484 g/mol. The summed E-state index contributed by atoms with van der Waals surface area (Å²) in [6.07, 6.45) is 2.89. The fourth-order valence-electron chi connectivity index (χ4n) is 5.11. The van der Waals surface area contributed by atoms with Gasteiger partial charge in [0.2, 0.25) is 0 Å². The summed E-state index contributed by atoms with van der Waals surface area (Å²) in [6, 6.07) is 15.6. The number of carbonyl (C=O) groups is 4. The van der Waals surface area contributed by atoms with Crippen LogP contribution < -0.4 is 5.01 Å². The Morgan fingerprint density at radius 3 is 1.56 bits per heavy atom. The Hall–Kier alpha value is -4.04. The van der Waals surface area contributed by atoms with Gasteiger partial charge in [0.25, 0.3) is 23.6 Å². The summed E-state index contributed by atoms with van der Waals surface area (Å²) in [4.78, 5) is 54.3. The van der Waals surface area contributed by atoms with Crippen molar-refractivity contribution in [3.8, 4) is 0 Å². The summed E-state index contributed by atoms with van der Waals surface area (Å²) >= 11 is 0. The first-order chi connectivity index (χ1) is 17.4. The molecule has 0 aliphatic carbocycles. The van der Waals surface area contributed by atoms with Crippen LogP contribution in [0, 0.1) is 0 Å². The van der Waals surface area contributed by atoms with E-state index in [0.717, 1.165) is 24.3 Å². The zero-order chi connectivity index (χ0) is 25.6. The molecule has 0 saturated carbocycles. The molecular formula is C28H28N4O4. The largest absolute Gasteiger partial charge is 0.280 e. The van der Waals surface area contributed by atoms with Crippen LogP contribution in [0.3, 0.4) is 0 Å². The van der Waals surface area contributed by atoms with Crippen molar-refractivity contribution in [1.29, 1.82) is 0 Å². The molecule has 2 aliphatic rings. The Morgan fingerprint density at radius 1 is 0.639 bits per heavy atom. The first-order valence-corrected chi connectivity index (χ1v) is 12.3. The minimum Gasteiger partial charge on any atom is -0.276 e. The Labute approximate surface area is 209 Å². The average molecular weight is 485 g/mol. The highest BCUT2D eigenvalue weighted by atomic mass is 16.2. The smallest absolute Gasteiger partial charge is 0.276 e. The number of imide groups is 2. The summed E-state index contributed by atoms with van der Waals surface area (Å²) < 4.78 is 0. The Morgan fingerprint density at radius 2 is 1.11 bits per heavy atom. The summed E-state index contributed by atoms with van der Waals surface area (Å²) in [5.74, 6) is -1.86. The molecule has 4 amide bonds. The number of anilines is 1. The number of para-hydroxylation sites is 1. The van der Waals surface area contributed by atoms with Crippen molar-refractivity contribution in [2.75, 3.05) is 25.1 Å². The van der Waals surface area contributed by atoms with E-state index in [2.05, 4.69) is 6.92 Å². The van der Waals surface area contributed by atoms with Gasteiger partial charge in [-0.3, -0.25) is 24.2 Å². The molecule has 0 spiro atoms. The van der Waals surface area contributed by atoms with Crippen LogP contribution >= 0.6 is 0 Å². The highest BCUT2D eigenvalue weighted by molar-refractivity contribution is 6.33. The van der Waals surface area contributed by atoms with E-state index in [1.165, 1.54) is 5.01 Å². The minimum absolute atomic E-state index is 0.296. The molecule has 8 nitrogen and oxygen atoms in total. The third-order valence-corrected chi connectivity index (χ3v) is 6.87. The number of amides is 4. The van der Waals surface area contributed by atoms with Crippen LogP contribution in [-0.2, 0) is 0 Å². The van der Waals surface area contributed by atoms with Gasteiger partial charge in [-0.25, -0.2) is 10.0 Å². The van der Waals surface area contributed by atoms with Gasteiger partial charge < -0.3 is 0 Å². The summed E-state index contributed by atoms with van der Waals surface area (Å²) in [5, 5.41) is 6.35. The zero-order valence-corrected chi connectivity index (χ0v) is 20.7. The van der Waals surface area contributed by atoms with Gasteiger partial charge >= 0.3 is 0 Å². The Kier molecular flexibility index (Phi) is 6.05. The lowest BCUT2D eigenvalue weighted by Gasteiger charge is -2.38. The SMILES string of the molecule is CCCCCN(C)N1C(=O)c2ccc3c4c(ccc(c24)C1=O)C(=O)N(N(CC)c1ccccc1)C3=O. The second-order valence-corrected chi connectivity index (χ2v) is 9.06. The molecule has 8 heteroatoms. The fraction of sp³-hybridized carbons (Fsp3) is 0.286. The van der Waals surface area contributed by atoms with E-state index in [1.54, 1.807) is 41.3 Å². The molecule has 0 radical (unpaired) electrons. The van der Waals surface area contributed by atoms with Crippen LogP contribution in [-0.4, -0.2) is 58.8 Å². The van der Waals surface area contributed by atoms with Crippen molar-refractivity contribution in [3.63, 3.8) is 0 Å². The maximum absolute atomic E-state index is 13.7. The van der Waals surface area contributed by atoms with Crippen LogP contribution in [0.15, 0.2) is 54.6 Å². The van der Waals surface area contributed by atoms with Gasteiger partial charge in [-0.1, -0.05) is 38.0 Å². The molecule has 0 atom stereocenters. The summed E-state index contributed by atoms with van der Waals surface area (Å²) in [7, 11) is 1.73. The van der Waals surface area contributed by atoms with E-state index in [0.29, 0.717) is 51.8 Å². The van der Waals surface area contributed by atoms with Crippen LogP contribution in [0.4, 0.5) is 5.69 Å². The third-order valence-electron chi connectivity index (χ3n) is 6.87. The molecule has 0 bridgehead atoms. The minimum atomic E-state index is -0.485. The average Bonchev–Trinajstić information content (AvgIpc) is 2.89. The number of hydrazine groups is 2. The molecule has 2 aliphatic heterocycles. The van der Waals surface area contributed by atoms with Crippen molar-refractivity contribution in [3.05, 3.63) is 76.9 Å². The van der Waals surface area contributed by atoms with Crippen molar-refractivity contribution in [2.45, 2.75) is 33.1 Å². The van der Waals surface area contributed by atoms with Crippen LogP contribution in [0.2, 0.25) is 0 Å². The van der Waals surface area contributed by atoms with Crippen LogP contribution in [0.25, 0.3) is 10.8 Å². The number of hydrogen-bond acceptors (Lipinski definition) is 6. The molecule has 0 unspecified atom stereocenters. The first kappa shape index (κ1) is 23.7. The number of nitrogens with zero attached hydrogens (tertiary/aromatic N) is 4. The molecule has 3 aromatic rings. The Balaban J connectivity index is 1.61. The predicted molar refractivity (Wildman–Crippen MR) is 137 cm³/mol. The van der Waals surface area contributed by atoms with Crippen molar-refractivity contribution < 1.29 is 19.2 Å². The summed E-state index contributed by atoms with van der Waals surface area (Å²) in [6.45, 7) is 4.92. The van der Waals surface area contributed by atoms with Crippen LogP contribution in [0.1, 0.15) is 74.5 Å². The zero-order valence-electron chi connectivity index (χ0n) is 20.7. The summed E-state index contributed by atoms with van der Waals surface area (Å²) in [5.41, 5.74) is 1.94. The van der Waals surface area contributed by atoms with Gasteiger partial charge in [-0.15, -0.1) is 0 Å². The number of hydrogen-bond donors (Lipinski definition) is 0. The molecular weight excluding hydrogens is 456 g/mol. The van der Waals surface area contributed by atoms with Gasteiger partial charge in [0.15, 0.2) is 0 Å². The maximum Gasteiger partial charge on any atom is 0.280 e. The predicted octanol–water partition coefficient (Wildman–Crippen LogP) is 4.51. The molecule has 0 fully saturated rings. The maximum atomic E-state index is 13.7. The van der Waals surface area contributed by atoms with E-state index < -0.39 is 23.6 Å². The fourth-order valence-corrected chi connectivity index (χ4v) is 5.11. The second-order valence-electron chi connectivity index (χ2n) is 9.06. The molecule has 5 rings (SSSR count). The van der Waals surface area contributed by atoms with Crippen LogP contribution in [0.5, 0.6) is 0 Å². The van der Waals surface area contributed by atoms with Gasteiger partial charge in [0.1, 0.15) is 0 Å². The van der Waals surface area contributed by atoms with Gasteiger partial charge in [0.05, 0.1) is 27.9 Å². The van der Waals surface area contributed by atoms with Gasteiger partial charge in [0, 0.05) is 30.9 Å². The standard InChI is InChI=1S/C28H28N4O4/c1-4-6-10-17-29(3)31-25(33)19-13-15-21-24-22(16-14-20(23(19)24)26(31)34)28(36)32(27(21)35)30(5-2)18-11-8-7-9-12-18/h7-9,11-16H,4-6,10,17H2,1-3H3. The second kappa shape index (κ2) is 9.20. The van der Waals surface area contributed by atoms with Gasteiger partial charge in [-0.05, 0) is 49.7 Å². The molecule has 184 valence electrons. The molecule has 36 heavy (non-hydrogen) atoms. The topological polar surface area (TPSA) is 81.2 Å². The van der Waals surface area contributed by atoms with E-state index in [1.807, 2.05) is 37.3 Å². The normalized spacial score (nSPS) is 14.9. The molecule has 0 aromatic heterocycles. The van der Waals surface area contributed by atoms with E-state index in [9.17, 15) is 19.2 Å². The molecule has 0 saturated heterocycles. The van der Waals surface area contributed by atoms with Crippen molar-refractivity contribution in [2.24, 2.45) is 0 Å². The molecule has 0 N–H and O–H groups in total. The van der Waals surface area contributed by atoms with E-state index in [4.69, 9.17) is 0 Å². The number of carbonyl (C=O) groups excluding carboxylic acids is 4. The van der Waals surface area contributed by atoms with Gasteiger partial charge in [-0.2, -0.15) is 5.01 Å². The Bertz CT molecular complexity index is 1330. The number of unbranched alkanes of at least 4 members (excludes halogenated alkanes) is 2. The lowest BCUT2D eigenvalue weighted by molar-refractivity contribution is 0.00779. The quantitative estimate of drug-likeness (QED) is 0.346. The van der Waals surface area contributed by atoms with Crippen molar-refractivity contribution >= 4 is 40.1 Å². The van der Waals surface area contributed by atoms with Crippen molar-refractivity contribution in [1.82, 2.24) is 15.0 Å².